The fourth-order valence-electron chi connectivity index (χ4n) is 1.46. The molecule has 2 rings (SSSR count). The van der Waals surface area contributed by atoms with Gasteiger partial charge in [0.05, 0.1) is 16.9 Å². The molecule has 0 saturated heterocycles. The summed E-state index contributed by atoms with van der Waals surface area (Å²) in [6.45, 7) is 0. The molecule has 0 aliphatic carbocycles. The second-order valence-corrected chi connectivity index (χ2v) is 5.82. The number of non-ortho nitro benzene ring substituents is 1. The highest BCUT2D eigenvalue weighted by atomic mass is 35.5. The Morgan fingerprint density at radius 3 is 2.70 bits per heavy atom. The van der Waals surface area contributed by atoms with Crippen LogP contribution in [0.1, 0.15) is 0 Å². The summed E-state index contributed by atoms with van der Waals surface area (Å²) in [5.74, 6) is 0. The molecule has 0 bridgehead atoms. The van der Waals surface area contributed by atoms with Gasteiger partial charge in [-0.05, 0) is 6.07 Å². The zero-order chi connectivity index (χ0) is 14.9. The maximum atomic E-state index is 12.1. The lowest BCUT2D eigenvalue weighted by Gasteiger charge is -2.06. The highest BCUT2D eigenvalue weighted by Crippen LogP contribution is 2.23. The van der Waals surface area contributed by atoms with E-state index in [-0.39, 0.29) is 21.6 Å². The zero-order valence-electron chi connectivity index (χ0n) is 10.1. The molecule has 0 unspecified atom stereocenters. The quantitative estimate of drug-likeness (QED) is 0.683. The van der Waals surface area contributed by atoms with E-state index in [4.69, 9.17) is 11.6 Å². The van der Waals surface area contributed by atoms with Crippen LogP contribution in [0.15, 0.2) is 35.6 Å². The van der Waals surface area contributed by atoms with Crippen LogP contribution in [0.4, 0.5) is 11.4 Å². The lowest BCUT2D eigenvalue weighted by molar-refractivity contribution is -0.384. The van der Waals surface area contributed by atoms with Crippen LogP contribution in [0.3, 0.4) is 0 Å². The molecular formula is C10H9ClN4O4S. The number of nitro benzene ring substituents is 1. The van der Waals surface area contributed by atoms with Crippen LogP contribution in [0.2, 0.25) is 5.15 Å². The van der Waals surface area contributed by atoms with Crippen molar-refractivity contribution >= 4 is 33.0 Å². The molecule has 106 valence electrons. The van der Waals surface area contributed by atoms with Gasteiger partial charge in [-0.2, -0.15) is 8.42 Å². The van der Waals surface area contributed by atoms with E-state index in [1.807, 2.05) is 0 Å². The number of benzene rings is 1. The smallest absolute Gasteiger partial charge is 0.282 e. The summed E-state index contributed by atoms with van der Waals surface area (Å²) in [6, 6.07) is 5.12. The average Bonchev–Trinajstić information content (AvgIpc) is 2.70. The number of nitro groups is 1. The Labute approximate surface area is 119 Å². The van der Waals surface area contributed by atoms with Gasteiger partial charge in [0.2, 0.25) is 5.03 Å². The maximum absolute atomic E-state index is 12.1. The third kappa shape index (κ3) is 2.73. The molecule has 0 aliphatic rings. The molecule has 10 heteroatoms. The van der Waals surface area contributed by atoms with E-state index < -0.39 is 14.9 Å². The van der Waals surface area contributed by atoms with Gasteiger partial charge in [0.25, 0.3) is 15.7 Å². The van der Waals surface area contributed by atoms with Crippen LogP contribution in [0, 0.1) is 10.1 Å². The predicted octanol–water partition coefficient (Wildman–Crippen LogP) is 1.78. The SMILES string of the molecule is Cn1cnc(S(=O)(=O)Nc2cccc([N+](=O)[O-])c2)c1Cl. The standard InChI is InChI=1S/C10H9ClN4O4S/c1-14-6-12-10(9(14)11)20(18,19)13-7-3-2-4-8(5-7)15(16)17/h2-6,13H,1H3. The van der Waals surface area contributed by atoms with Crippen molar-refractivity contribution in [3.63, 3.8) is 0 Å². The van der Waals surface area contributed by atoms with Crippen molar-refractivity contribution < 1.29 is 13.3 Å². The number of aryl methyl sites for hydroxylation is 1. The number of aromatic nitrogens is 2. The number of rotatable bonds is 4. The number of anilines is 1. The second-order valence-electron chi connectivity index (χ2n) is 3.86. The summed E-state index contributed by atoms with van der Waals surface area (Å²) in [5.41, 5.74) is -0.168. The topological polar surface area (TPSA) is 107 Å². The number of hydrogen-bond acceptors (Lipinski definition) is 5. The molecule has 0 saturated carbocycles. The van der Waals surface area contributed by atoms with Gasteiger partial charge < -0.3 is 4.57 Å². The molecule has 1 aromatic carbocycles. The number of hydrogen-bond donors (Lipinski definition) is 1. The lowest BCUT2D eigenvalue weighted by Crippen LogP contribution is -2.14. The van der Waals surface area contributed by atoms with Crippen molar-refractivity contribution in [1.29, 1.82) is 0 Å². The molecule has 1 N–H and O–H groups in total. The summed E-state index contributed by atoms with van der Waals surface area (Å²) in [4.78, 5) is 13.7. The Bertz CT molecular complexity index is 771. The van der Waals surface area contributed by atoms with Crippen molar-refractivity contribution in [1.82, 2.24) is 9.55 Å². The third-order valence-corrected chi connectivity index (χ3v) is 4.27. The van der Waals surface area contributed by atoms with Crippen molar-refractivity contribution in [3.8, 4) is 0 Å². The van der Waals surface area contributed by atoms with E-state index in [1.54, 1.807) is 7.05 Å². The van der Waals surface area contributed by atoms with Crippen LogP contribution in [0.5, 0.6) is 0 Å². The molecule has 20 heavy (non-hydrogen) atoms. The molecule has 0 amide bonds. The van der Waals surface area contributed by atoms with E-state index in [0.717, 1.165) is 6.07 Å². The van der Waals surface area contributed by atoms with Crippen molar-refractivity contribution in [3.05, 3.63) is 45.9 Å². The highest BCUT2D eigenvalue weighted by Gasteiger charge is 2.23. The minimum absolute atomic E-state index is 0.0528. The Morgan fingerprint density at radius 1 is 1.45 bits per heavy atom. The molecule has 0 spiro atoms. The molecule has 0 aliphatic heterocycles. The summed E-state index contributed by atoms with van der Waals surface area (Å²) in [6.07, 6.45) is 1.25. The van der Waals surface area contributed by atoms with Crippen molar-refractivity contribution in [2.24, 2.45) is 7.05 Å². The summed E-state index contributed by atoms with van der Waals surface area (Å²) >= 11 is 5.81. The average molecular weight is 317 g/mol. The van der Waals surface area contributed by atoms with Crippen LogP contribution in [-0.2, 0) is 17.1 Å². The maximum Gasteiger partial charge on any atom is 0.282 e. The number of sulfonamides is 1. The number of halogens is 1. The molecule has 0 atom stereocenters. The van der Waals surface area contributed by atoms with Crippen LogP contribution in [0.25, 0.3) is 0 Å². The number of nitrogens with one attached hydrogen (secondary N) is 1. The second kappa shape index (κ2) is 5.10. The van der Waals surface area contributed by atoms with E-state index in [0.29, 0.717) is 0 Å². The zero-order valence-corrected chi connectivity index (χ0v) is 11.7. The van der Waals surface area contributed by atoms with Crippen LogP contribution < -0.4 is 4.72 Å². The Hall–Kier alpha value is -2.13. The first kappa shape index (κ1) is 14.3. The first-order chi connectivity index (χ1) is 9.31. The summed E-state index contributed by atoms with van der Waals surface area (Å²) in [5, 5.41) is 10.2. The third-order valence-electron chi connectivity index (χ3n) is 2.40. The van der Waals surface area contributed by atoms with Crippen molar-refractivity contribution in [2.75, 3.05) is 4.72 Å². The van der Waals surface area contributed by atoms with E-state index in [9.17, 15) is 18.5 Å². The van der Waals surface area contributed by atoms with Crippen LogP contribution >= 0.6 is 11.6 Å². The minimum atomic E-state index is -4.00. The highest BCUT2D eigenvalue weighted by molar-refractivity contribution is 7.92. The fourth-order valence-corrected chi connectivity index (χ4v) is 2.94. The Kier molecular flexibility index (Phi) is 3.64. The molecule has 1 aromatic heterocycles. The molecule has 1 heterocycles. The molecule has 8 nitrogen and oxygen atoms in total. The fraction of sp³-hybridized carbons (Fsp3) is 0.100. The first-order valence-electron chi connectivity index (χ1n) is 5.25. The van der Waals surface area contributed by atoms with E-state index >= 15 is 0 Å². The van der Waals surface area contributed by atoms with E-state index in [1.165, 1.54) is 29.1 Å². The van der Waals surface area contributed by atoms with Gasteiger partial charge in [-0.1, -0.05) is 17.7 Å². The van der Waals surface area contributed by atoms with Gasteiger partial charge in [-0.3, -0.25) is 14.8 Å². The Balaban J connectivity index is 2.36. The van der Waals surface area contributed by atoms with Crippen LogP contribution in [-0.4, -0.2) is 22.9 Å². The molecular weight excluding hydrogens is 308 g/mol. The monoisotopic (exact) mass is 316 g/mol. The summed E-state index contributed by atoms with van der Waals surface area (Å²) < 4.78 is 27.7. The predicted molar refractivity (Wildman–Crippen MR) is 72.1 cm³/mol. The number of imidazole rings is 1. The van der Waals surface area contributed by atoms with E-state index in [2.05, 4.69) is 9.71 Å². The Morgan fingerprint density at radius 2 is 2.15 bits per heavy atom. The van der Waals surface area contributed by atoms with Gasteiger partial charge in [-0.25, -0.2) is 4.98 Å². The van der Waals surface area contributed by atoms with Gasteiger partial charge in [-0.15, -0.1) is 0 Å². The molecule has 0 fully saturated rings. The first-order valence-corrected chi connectivity index (χ1v) is 7.11. The van der Waals surface area contributed by atoms with Gasteiger partial charge in [0.1, 0.15) is 5.15 Å². The molecule has 0 radical (unpaired) electrons. The minimum Gasteiger partial charge on any atom is -0.324 e. The summed E-state index contributed by atoms with van der Waals surface area (Å²) in [7, 11) is -2.46. The van der Waals surface area contributed by atoms with Gasteiger partial charge in [0, 0.05) is 19.2 Å². The molecule has 2 aromatic rings. The van der Waals surface area contributed by atoms with Gasteiger partial charge >= 0.3 is 0 Å². The van der Waals surface area contributed by atoms with Gasteiger partial charge in [0.15, 0.2) is 0 Å². The van der Waals surface area contributed by atoms with Crippen molar-refractivity contribution in [2.45, 2.75) is 5.03 Å². The largest absolute Gasteiger partial charge is 0.324 e. The lowest BCUT2D eigenvalue weighted by atomic mass is 10.3. The normalized spacial score (nSPS) is 11.3. The number of nitrogens with zero attached hydrogens (tertiary/aromatic N) is 3.